The van der Waals surface area contributed by atoms with Gasteiger partial charge in [0.25, 0.3) is 0 Å². The molecule has 3 heteroatoms. The second kappa shape index (κ2) is 5.14. The maximum absolute atomic E-state index is 6.13. The molecule has 0 bridgehead atoms. The molecule has 0 amide bonds. The monoisotopic (exact) mass is 259 g/mol. The second-order valence-corrected chi connectivity index (χ2v) is 6.43. The summed E-state index contributed by atoms with van der Waals surface area (Å²) in [4.78, 5) is 4.86. The molecule has 19 heavy (non-hydrogen) atoms. The number of fused-ring (bicyclic) bond motifs is 1. The van der Waals surface area contributed by atoms with Gasteiger partial charge in [0.2, 0.25) is 0 Å². The van der Waals surface area contributed by atoms with Crippen LogP contribution in [-0.2, 0) is 13.0 Å². The highest BCUT2D eigenvalue weighted by molar-refractivity contribution is 5.58. The van der Waals surface area contributed by atoms with Crippen LogP contribution in [0, 0.1) is 5.92 Å². The fourth-order valence-electron chi connectivity index (χ4n) is 3.62. The first-order chi connectivity index (χ1) is 9.11. The number of benzene rings is 1. The maximum Gasteiger partial charge on any atom is 0.0397 e. The van der Waals surface area contributed by atoms with Gasteiger partial charge in [-0.25, -0.2) is 0 Å². The van der Waals surface area contributed by atoms with Crippen LogP contribution in [0.15, 0.2) is 18.2 Å². The van der Waals surface area contributed by atoms with Crippen LogP contribution in [-0.4, -0.2) is 37.6 Å². The summed E-state index contributed by atoms with van der Waals surface area (Å²) in [5, 5.41) is 0. The Labute approximate surface area is 116 Å². The SMILES string of the molecule is CC1CC(N)CN(Cc2ccc3c(c2)CCN3C)C1. The number of hydrogen-bond donors (Lipinski definition) is 1. The Morgan fingerprint density at radius 2 is 2.16 bits per heavy atom. The largest absolute Gasteiger partial charge is 0.374 e. The third kappa shape index (κ3) is 2.77. The summed E-state index contributed by atoms with van der Waals surface area (Å²) < 4.78 is 0. The molecule has 2 N–H and O–H groups in total. The van der Waals surface area contributed by atoms with E-state index in [0.717, 1.165) is 25.6 Å². The lowest BCUT2D eigenvalue weighted by Crippen LogP contribution is -2.45. The predicted molar refractivity (Wildman–Crippen MR) is 80.4 cm³/mol. The Morgan fingerprint density at radius 1 is 1.32 bits per heavy atom. The van der Waals surface area contributed by atoms with Crippen LogP contribution < -0.4 is 10.6 Å². The van der Waals surface area contributed by atoms with Gasteiger partial charge < -0.3 is 10.6 Å². The van der Waals surface area contributed by atoms with Crippen molar-refractivity contribution in [2.24, 2.45) is 11.7 Å². The minimum atomic E-state index is 0.351. The van der Waals surface area contributed by atoms with E-state index < -0.39 is 0 Å². The average molecular weight is 259 g/mol. The first kappa shape index (κ1) is 12.9. The van der Waals surface area contributed by atoms with Gasteiger partial charge in [-0.2, -0.15) is 0 Å². The number of likely N-dealkylation sites (N-methyl/N-ethyl adjacent to an activating group) is 1. The number of anilines is 1. The van der Waals surface area contributed by atoms with Crippen LogP contribution in [0.2, 0.25) is 0 Å². The van der Waals surface area contributed by atoms with E-state index in [4.69, 9.17) is 5.73 Å². The first-order valence-electron chi connectivity index (χ1n) is 7.42. The fraction of sp³-hybridized carbons (Fsp3) is 0.625. The van der Waals surface area contributed by atoms with Crippen molar-refractivity contribution >= 4 is 5.69 Å². The predicted octanol–water partition coefficient (Wildman–Crippen LogP) is 1.85. The number of likely N-dealkylation sites (tertiary alicyclic amines) is 1. The number of nitrogens with zero attached hydrogens (tertiary/aromatic N) is 2. The molecular formula is C16H25N3. The molecule has 1 saturated heterocycles. The Kier molecular flexibility index (Phi) is 3.50. The van der Waals surface area contributed by atoms with Gasteiger partial charge in [-0.3, -0.25) is 4.90 Å². The van der Waals surface area contributed by atoms with E-state index in [0.29, 0.717) is 6.04 Å². The molecule has 0 aliphatic carbocycles. The highest BCUT2D eigenvalue weighted by Crippen LogP contribution is 2.28. The summed E-state index contributed by atoms with van der Waals surface area (Å²) in [6.07, 6.45) is 2.36. The quantitative estimate of drug-likeness (QED) is 0.880. The van der Waals surface area contributed by atoms with Gasteiger partial charge in [-0.05, 0) is 36.0 Å². The van der Waals surface area contributed by atoms with Crippen LogP contribution >= 0.6 is 0 Å². The molecule has 1 aromatic carbocycles. The van der Waals surface area contributed by atoms with E-state index in [2.05, 4.69) is 42.0 Å². The van der Waals surface area contributed by atoms with Gasteiger partial charge in [0.15, 0.2) is 0 Å². The molecule has 1 aromatic rings. The number of piperidine rings is 1. The van der Waals surface area contributed by atoms with Gasteiger partial charge in [0.05, 0.1) is 0 Å². The van der Waals surface area contributed by atoms with Crippen molar-refractivity contribution in [1.29, 1.82) is 0 Å². The van der Waals surface area contributed by atoms with Gasteiger partial charge in [-0.15, -0.1) is 0 Å². The average Bonchev–Trinajstić information content (AvgIpc) is 2.69. The molecule has 2 aliphatic heterocycles. The zero-order valence-corrected chi connectivity index (χ0v) is 12.1. The molecule has 2 aliphatic rings. The third-order valence-corrected chi connectivity index (χ3v) is 4.45. The molecule has 0 saturated carbocycles. The summed E-state index contributed by atoms with van der Waals surface area (Å²) in [6, 6.07) is 7.31. The topological polar surface area (TPSA) is 32.5 Å². The minimum Gasteiger partial charge on any atom is -0.374 e. The van der Waals surface area contributed by atoms with E-state index >= 15 is 0 Å². The zero-order chi connectivity index (χ0) is 13.4. The lowest BCUT2D eigenvalue weighted by Gasteiger charge is -2.34. The van der Waals surface area contributed by atoms with Crippen LogP contribution in [0.3, 0.4) is 0 Å². The molecule has 3 nitrogen and oxygen atoms in total. The molecule has 1 fully saturated rings. The molecule has 2 atom stereocenters. The zero-order valence-electron chi connectivity index (χ0n) is 12.1. The van der Waals surface area contributed by atoms with E-state index in [1.54, 1.807) is 0 Å². The smallest absolute Gasteiger partial charge is 0.0397 e. The molecule has 0 spiro atoms. The van der Waals surface area contributed by atoms with Crippen molar-refractivity contribution in [2.45, 2.75) is 32.4 Å². The second-order valence-electron chi connectivity index (χ2n) is 6.43. The van der Waals surface area contributed by atoms with Crippen LogP contribution in [0.1, 0.15) is 24.5 Å². The van der Waals surface area contributed by atoms with Crippen molar-refractivity contribution in [3.8, 4) is 0 Å². The number of nitrogens with two attached hydrogens (primary N) is 1. The van der Waals surface area contributed by atoms with Crippen molar-refractivity contribution < 1.29 is 0 Å². The van der Waals surface area contributed by atoms with Crippen LogP contribution in [0.25, 0.3) is 0 Å². The normalized spacial score (nSPS) is 27.6. The minimum absolute atomic E-state index is 0.351. The van der Waals surface area contributed by atoms with Gasteiger partial charge in [-0.1, -0.05) is 19.1 Å². The van der Waals surface area contributed by atoms with Gasteiger partial charge >= 0.3 is 0 Å². The Balaban J connectivity index is 1.70. The van der Waals surface area contributed by atoms with Crippen molar-refractivity contribution in [2.75, 3.05) is 31.6 Å². The standard InChI is InChI=1S/C16H25N3/c1-12-7-15(17)11-19(9-12)10-13-3-4-16-14(8-13)5-6-18(16)2/h3-4,8,12,15H,5-7,9-11,17H2,1-2H3. The van der Waals surface area contributed by atoms with Gasteiger partial charge in [0.1, 0.15) is 0 Å². The lowest BCUT2D eigenvalue weighted by atomic mass is 9.96. The molecular weight excluding hydrogens is 234 g/mol. The highest BCUT2D eigenvalue weighted by Gasteiger charge is 2.22. The Morgan fingerprint density at radius 3 is 2.95 bits per heavy atom. The van der Waals surface area contributed by atoms with E-state index in [9.17, 15) is 0 Å². The fourth-order valence-corrected chi connectivity index (χ4v) is 3.62. The molecule has 3 rings (SSSR count). The summed E-state index contributed by atoms with van der Waals surface area (Å²) in [6.45, 7) is 6.75. The molecule has 2 heterocycles. The summed E-state index contributed by atoms with van der Waals surface area (Å²) >= 11 is 0. The van der Waals surface area contributed by atoms with Crippen LogP contribution in [0.5, 0.6) is 0 Å². The summed E-state index contributed by atoms with van der Waals surface area (Å²) in [5.74, 6) is 0.726. The Bertz CT molecular complexity index is 447. The van der Waals surface area contributed by atoms with E-state index in [-0.39, 0.29) is 0 Å². The summed E-state index contributed by atoms with van der Waals surface area (Å²) in [7, 11) is 2.18. The van der Waals surface area contributed by atoms with Crippen molar-refractivity contribution in [3.05, 3.63) is 29.3 Å². The molecule has 0 aromatic heterocycles. The molecule has 0 radical (unpaired) electrons. The van der Waals surface area contributed by atoms with E-state index in [1.165, 1.54) is 36.2 Å². The number of hydrogen-bond acceptors (Lipinski definition) is 3. The lowest BCUT2D eigenvalue weighted by molar-refractivity contribution is 0.158. The Hall–Kier alpha value is -1.06. The van der Waals surface area contributed by atoms with Crippen molar-refractivity contribution in [3.63, 3.8) is 0 Å². The van der Waals surface area contributed by atoms with Crippen LogP contribution in [0.4, 0.5) is 5.69 Å². The third-order valence-electron chi connectivity index (χ3n) is 4.45. The van der Waals surface area contributed by atoms with Crippen molar-refractivity contribution in [1.82, 2.24) is 4.90 Å². The van der Waals surface area contributed by atoms with Gasteiger partial charge in [0, 0.05) is 45.0 Å². The first-order valence-corrected chi connectivity index (χ1v) is 7.42. The highest BCUT2D eigenvalue weighted by atomic mass is 15.1. The molecule has 104 valence electrons. The van der Waals surface area contributed by atoms with E-state index in [1.807, 2.05) is 0 Å². The molecule has 2 unspecified atom stereocenters. The number of rotatable bonds is 2. The maximum atomic E-state index is 6.13. The summed E-state index contributed by atoms with van der Waals surface area (Å²) in [5.41, 5.74) is 10.5.